The zero-order valence-corrected chi connectivity index (χ0v) is 17.4. The highest BCUT2D eigenvalue weighted by molar-refractivity contribution is 7.91. The van der Waals surface area contributed by atoms with Gasteiger partial charge in [0.05, 0.1) is 24.2 Å². The normalized spacial score (nSPS) is 18.5. The number of hydrogen-bond acceptors (Lipinski definition) is 6. The highest BCUT2D eigenvalue weighted by Gasteiger charge is 2.33. The largest absolute Gasteiger partial charge is 0.496 e. The smallest absolute Gasteiger partial charge is 0.322 e. The van der Waals surface area contributed by atoms with E-state index in [9.17, 15) is 13.2 Å². The van der Waals surface area contributed by atoms with Crippen LogP contribution < -0.4 is 10.1 Å². The molecule has 154 valence electrons. The van der Waals surface area contributed by atoms with E-state index in [1.807, 2.05) is 25.4 Å². The molecule has 3 heterocycles. The third-order valence-corrected chi connectivity index (χ3v) is 6.95. The van der Waals surface area contributed by atoms with Gasteiger partial charge in [0.2, 0.25) is 0 Å². The number of likely N-dealkylation sites (tertiary alicyclic amines) is 1. The molecule has 1 N–H and O–H groups in total. The van der Waals surface area contributed by atoms with Crippen LogP contribution in [0.3, 0.4) is 0 Å². The molecule has 10 heteroatoms. The molecule has 4 rings (SSSR count). The Kier molecular flexibility index (Phi) is 4.81. The van der Waals surface area contributed by atoms with Gasteiger partial charge in [0.15, 0.2) is 9.84 Å². The number of aliphatic imine (C=N–C) groups is 1. The molecule has 1 saturated heterocycles. The van der Waals surface area contributed by atoms with Gasteiger partial charge in [-0.05, 0) is 18.6 Å². The summed E-state index contributed by atoms with van der Waals surface area (Å²) in [5.74, 6) is 1.22. The van der Waals surface area contributed by atoms with Crippen LogP contribution in [-0.4, -0.2) is 66.7 Å². The lowest BCUT2D eigenvalue weighted by molar-refractivity contribution is 0.214. The van der Waals surface area contributed by atoms with Crippen LogP contribution in [0.2, 0.25) is 0 Å². The minimum absolute atomic E-state index is 0.204. The van der Waals surface area contributed by atoms with E-state index < -0.39 is 15.1 Å². The van der Waals surface area contributed by atoms with Crippen LogP contribution in [0.1, 0.15) is 12.0 Å². The van der Waals surface area contributed by atoms with E-state index >= 15 is 0 Å². The first kappa shape index (κ1) is 19.4. The molecule has 9 nitrogen and oxygen atoms in total. The number of ether oxygens (including phenoxy) is 1. The van der Waals surface area contributed by atoms with Crippen LogP contribution in [0.4, 0.5) is 10.5 Å². The van der Waals surface area contributed by atoms with Crippen LogP contribution in [0.5, 0.6) is 5.75 Å². The highest BCUT2D eigenvalue weighted by Crippen LogP contribution is 2.42. The Morgan fingerprint density at radius 3 is 2.76 bits per heavy atom. The summed E-state index contributed by atoms with van der Waals surface area (Å²) in [6, 6.07) is 3.49. The zero-order valence-electron chi connectivity index (χ0n) is 16.5. The van der Waals surface area contributed by atoms with Crippen molar-refractivity contribution in [3.8, 4) is 16.9 Å². The van der Waals surface area contributed by atoms with E-state index in [4.69, 9.17) is 4.74 Å². The van der Waals surface area contributed by atoms with Gasteiger partial charge in [-0.3, -0.25) is 10.00 Å². The van der Waals surface area contributed by atoms with Crippen molar-refractivity contribution in [1.82, 2.24) is 20.0 Å². The summed E-state index contributed by atoms with van der Waals surface area (Å²) in [4.78, 5) is 18.8. The van der Waals surface area contributed by atoms with Gasteiger partial charge in [0, 0.05) is 55.7 Å². The van der Waals surface area contributed by atoms with Crippen molar-refractivity contribution in [1.29, 1.82) is 0 Å². The molecule has 1 fully saturated rings. The fraction of sp³-hybridized carbons (Fsp3) is 0.421. The zero-order chi connectivity index (χ0) is 20.8. The second kappa shape index (κ2) is 7.18. The lowest BCUT2D eigenvalue weighted by atomic mass is 10.0. The molecule has 0 radical (unpaired) electrons. The summed E-state index contributed by atoms with van der Waals surface area (Å²) in [7, 11) is 0.292. The van der Waals surface area contributed by atoms with Gasteiger partial charge < -0.3 is 9.64 Å². The molecular formula is C19H23N5O4S. The van der Waals surface area contributed by atoms with Crippen molar-refractivity contribution < 1.29 is 17.9 Å². The van der Waals surface area contributed by atoms with Crippen molar-refractivity contribution in [2.24, 2.45) is 12.0 Å². The van der Waals surface area contributed by atoms with Gasteiger partial charge in [0.25, 0.3) is 0 Å². The average molecular weight is 417 g/mol. The predicted octanol–water partition coefficient (Wildman–Crippen LogP) is 1.51. The first-order chi connectivity index (χ1) is 13.8. The molecule has 1 aromatic heterocycles. The summed E-state index contributed by atoms with van der Waals surface area (Å²) < 4.78 is 30.7. The number of amides is 2. The number of sulfone groups is 1. The number of nitrogens with one attached hydrogen (secondary N) is 1. The molecule has 0 bridgehead atoms. The molecule has 0 aliphatic carbocycles. The summed E-state index contributed by atoms with van der Waals surface area (Å²) in [6.45, 7) is 0.614. The van der Waals surface area contributed by atoms with Crippen LogP contribution >= 0.6 is 0 Å². The van der Waals surface area contributed by atoms with Crippen molar-refractivity contribution in [2.45, 2.75) is 18.1 Å². The average Bonchev–Trinajstić information content (AvgIpc) is 3.39. The quantitative estimate of drug-likeness (QED) is 0.815. The Labute approximate surface area is 169 Å². The van der Waals surface area contributed by atoms with Gasteiger partial charge in [-0.1, -0.05) is 0 Å². The molecule has 2 amide bonds. The lowest BCUT2D eigenvalue weighted by Crippen LogP contribution is -2.42. The maximum Gasteiger partial charge on any atom is 0.322 e. The summed E-state index contributed by atoms with van der Waals surface area (Å²) >= 11 is 0. The molecule has 29 heavy (non-hydrogen) atoms. The van der Waals surface area contributed by atoms with Crippen molar-refractivity contribution in [2.75, 3.05) is 26.5 Å². The fourth-order valence-electron chi connectivity index (χ4n) is 3.78. The van der Waals surface area contributed by atoms with Gasteiger partial charge in [-0.2, -0.15) is 5.10 Å². The summed E-state index contributed by atoms with van der Waals surface area (Å²) in [6.07, 6.45) is 5.77. The van der Waals surface area contributed by atoms with Gasteiger partial charge in [-0.25, -0.2) is 18.2 Å². The molecule has 1 aromatic carbocycles. The molecule has 0 spiro atoms. The summed E-state index contributed by atoms with van der Waals surface area (Å²) in [5, 5.41) is 6.55. The number of urea groups is 1. The number of fused-ring (bicyclic) bond motifs is 1. The number of amidine groups is 1. The molecule has 0 saturated carbocycles. The number of methoxy groups -OCH3 is 1. The number of aryl methyl sites for hydroxylation is 1. The van der Waals surface area contributed by atoms with E-state index in [-0.39, 0.29) is 12.6 Å². The number of aromatic nitrogens is 2. The standard InChI is InChI=1S/C19H23N5O4S/c1-23-10-12(9-20-23)14-4-5-16(28-2)15-8-17(21-18(14)15)22-19(25)24-7-6-13(11-24)29(3,26)27/h4-5,9-10,13H,6-8,11H2,1-3H3,(H,21,22,25)/t13-/m1/s1. The van der Waals surface area contributed by atoms with Crippen molar-refractivity contribution >= 4 is 27.4 Å². The Bertz CT molecular complexity index is 1110. The Balaban J connectivity index is 1.56. The summed E-state index contributed by atoms with van der Waals surface area (Å²) in [5.41, 5.74) is 3.50. The second-order valence-corrected chi connectivity index (χ2v) is 9.72. The molecule has 0 unspecified atom stereocenters. The SMILES string of the molecule is COc1ccc(-c2cnn(C)c2)c2c1CC(NC(=O)N1CC[C@@H](S(C)(=O)=O)C1)=N2. The first-order valence-electron chi connectivity index (χ1n) is 9.27. The number of carbonyl (C=O) groups excluding carboxylic acids is 1. The maximum absolute atomic E-state index is 12.6. The lowest BCUT2D eigenvalue weighted by Gasteiger charge is -2.17. The molecular weight excluding hydrogens is 394 g/mol. The number of nitrogens with zero attached hydrogens (tertiary/aromatic N) is 4. The van der Waals surface area contributed by atoms with Crippen LogP contribution in [-0.2, 0) is 23.3 Å². The fourth-order valence-corrected chi connectivity index (χ4v) is 4.76. The molecule has 1 atom stereocenters. The molecule has 2 aliphatic heterocycles. The molecule has 2 aliphatic rings. The van der Waals surface area contributed by atoms with Crippen LogP contribution in [0, 0.1) is 0 Å². The topological polar surface area (TPSA) is 106 Å². The van der Waals surface area contributed by atoms with E-state index in [1.54, 1.807) is 18.0 Å². The maximum atomic E-state index is 12.6. The monoisotopic (exact) mass is 417 g/mol. The number of hydrogen-bond donors (Lipinski definition) is 1. The number of rotatable bonds is 3. The first-order valence-corrected chi connectivity index (χ1v) is 11.2. The van der Waals surface area contributed by atoms with E-state index in [1.165, 1.54) is 11.2 Å². The third-order valence-electron chi connectivity index (χ3n) is 5.36. The Morgan fingerprint density at radius 2 is 2.14 bits per heavy atom. The van der Waals surface area contributed by atoms with E-state index in [0.29, 0.717) is 31.0 Å². The van der Waals surface area contributed by atoms with Gasteiger partial charge in [0.1, 0.15) is 11.6 Å². The molecule has 2 aromatic rings. The Morgan fingerprint density at radius 1 is 1.34 bits per heavy atom. The number of benzene rings is 1. The van der Waals surface area contributed by atoms with Crippen LogP contribution in [0.25, 0.3) is 11.1 Å². The second-order valence-electron chi connectivity index (χ2n) is 7.40. The van der Waals surface area contributed by atoms with Crippen LogP contribution in [0.15, 0.2) is 29.5 Å². The predicted molar refractivity (Wildman–Crippen MR) is 109 cm³/mol. The van der Waals surface area contributed by atoms with Crippen molar-refractivity contribution in [3.63, 3.8) is 0 Å². The Hall–Kier alpha value is -2.88. The van der Waals surface area contributed by atoms with E-state index in [0.717, 1.165) is 22.4 Å². The van der Waals surface area contributed by atoms with Gasteiger partial charge in [-0.15, -0.1) is 0 Å². The van der Waals surface area contributed by atoms with Gasteiger partial charge >= 0.3 is 6.03 Å². The third kappa shape index (κ3) is 3.71. The van der Waals surface area contributed by atoms with Crippen molar-refractivity contribution in [3.05, 3.63) is 30.1 Å². The highest BCUT2D eigenvalue weighted by atomic mass is 32.2. The minimum atomic E-state index is -3.16. The number of carbonyl (C=O) groups is 1. The van der Waals surface area contributed by atoms with E-state index in [2.05, 4.69) is 15.4 Å². The minimum Gasteiger partial charge on any atom is -0.496 e.